The minimum atomic E-state index is 0.734. The minimum absolute atomic E-state index is 0.734. The molecule has 5 heteroatoms. The van der Waals surface area contributed by atoms with Gasteiger partial charge in [-0.05, 0) is 18.6 Å². The maximum Gasteiger partial charge on any atom is 0.137 e. The number of aromatic nitrogens is 3. The quantitative estimate of drug-likeness (QED) is 0.824. The fourth-order valence-corrected chi connectivity index (χ4v) is 1.34. The van der Waals surface area contributed by atoms with Crippen molar-refractivity contribution < 1.29 is 0 Å². The molecule has 0 aliphatic rings. The van der Waals surface area contributed by atoms with Gasteiger partial charge >= 0.3 is 0 Å². The van der Waals surface area contributed by atoms with Crippen LogP contribution in [0.2, 0.25) is 0 Å². The molecule has 2 aromatic rings. The third-order valence-corrected chi connectivity index (χ3v) is 2.14. The molecule has 0 unspecified atom stereocenters. The first-order valence-electron chi connectivity index (χ1n) is 5.62. The highest BCUT2D eigenvalue weighted by atomic mass is 15.1. The van der Waals surface area contributed by atoms with E-state index < -0.39 is 0 Å². The smallest absolute Gasteiger partial charge is 0.137 e. The fourth-order valence-electron chi connectivity index (χ4n) is 1.34. The second kappa shape index (κ2) is 5.79. The molecule has 0 saturated carbocycles. The summed E-state index contributed by atoms with van der Waals surface area (Å²) in [5.41, 5.74) is 0. The van der Waals surface area contributed by atoms with Crippen LogP contribution in [0.25, 0.3) is 0 Å². The van der Waals surface area contributed by atoms with Gasteiger partial charge in [0, 0.05) is 18.8 Å². The van der Waals surface area contributed by atoms with Crippen LogP contribution in [-0.4, -0.2) is 21.5 Å². The lowest BCUT2D eigenvalue weighted by Gasteiger charge is -2.07. The Balaban J connectivity index is 2.06. The summed E-state index contributed by atoms with van der Waals surface area (Å²) in [7, 11) is 0. The summed E-state index contributed by atoms with van der Waals surface area (Å²) in [6, 6.07) is 7.55. The molecule has 2 rings (SSSR count). The largest absolute Gasteiger partial charge is 0.370 e. The van der Waals surface area contributed by atoms with Gasteiger partial charge in [-0.1, -0.05) is 13.0 Å². The normalized spacial score (nSPS) is 9.94. The van der Waals surface area contributed by atoms with E-state index in [1.165, 1.54) is 6.33 Å². The Bertz CT molecular complexity index is 457. The van der Waals surface area contributed by atoms with Gasteiger partial charge in [0.1, 0.15) is 23.8 Å². The Morgan fingerprint density at radius 1 is 1.06 bits per heavy atom. The topological polar surface area (TPSA) is 62.7 Å². The van der Waals surface area contributed by atoms with Crippen molar-refractivity contribution in [1.29, 1.82) is 0 Å². The number of nitrogens with zero attached hydrogens (tertiary/aromatic N) is 3. The van der Waals surface area contributed by atoms with Crippen LogP contribution in [0, 0.1) is 0 Å². The van der Waals surface area contributed by atoms with Gasteiger partial charge in [0.25, 0.3) is 0 Å². The maximum atomic E-state index is 4.17. The molecule has 17 heavy (non-hydrogen) atoms. The number of nitrogens with one attached hydrogen (secondary N) is 2. The number of rotatable bonds is 5. The first kappa shape index (κ1) is 11.3. The zero-order valence-corrected chi connectivity index (χ0v) is 9.72. The lowest BCUT2D eigenvalue weighted by atomic mass is 10.4. The molecular formula is C12H15N5. The number of pyridine rings is 1. The molecule has 0 radical (unpaired) electrons. The second-order valence-electron chi connectivity index (χ2n) is 3.56. The van der Waals surface area contributed by atoms with Gasteiger partial charge in [0.15, 0.2) is 0 Å². The predicted molar refractivity (Wildman–Crippen MR) is 68.3 cm³/mol. The molecule has 2 heterocycles. The molecule has 0 atom stereocenters. The van der Waals surface area contributed by atoms with E-state index in [-0.39, 0.29) is 0 Å². The van der Waals surface area contributed by atoms with E-state index in [9.17, 15) is 0 Å². The van der Waals surface area contributed by atoms with Crippen LogP contribution < -0.4 is 10.6 Å². The highest BCUT2D eigenvalue weighted by Gasteiger charge is 1.98. The molecule has 0 spiro atoms. The van der Waals surface area contributed by atoms with Crippen LogP contribution in [0.3, 0.4) is 0 Å². The monoisotopic (exact) mass is 229 g/mol. The van der Waals surface area contributed by atoms with Crippen molar-refractivity contribution in [3.05, 3.63) is 36.8 Å². The molecule has 2 N–H and O–H groups in total. The van der Waals surface area contributed by atoms with E-state index in [1.54, 1.807) is 6.20 Å². The van der Waals surface area contributed by atoms with Crippen molar-refractivity contribution in [2.24, 2.45) is 0 Å². The summed E-state index contributed by atoms with van der Waals surface area (Å²) in [5.74, 6) is 2.32. The predicted octanol–water partition coefficient (Wildman–Crippen LogP) is 2.44. The third-order valence-electron chi connectivity index (χ3n) is 2.14. The molecule has 0 saturated heterocycles. The van der Waals surface area contributed by atoms with Crippen molar-refractivity contribution in [2.45, 2.75) is 13.3 Å². The highest BCUT2D eigenvalue weighted by molar-refractivity contribution is 5.55. The van der Waals surface area contributed by atoms with Crippen molar-refractivity contribution in [3.63, 3.8) is 0 Å². The Morgan fingerprint density at radius 2 is 1.94 bits per heavy atom. The van der Waals surface area contributed by atoms with Gasteiger partial charge in [-0.15, -0.1) is 0 Å². The van der Waals surface area contributed by atoms with Crippen molar-refractivity contribution in [3.8, 4) is 0 Å². The Morgan fingerprint density at radius 3 is 2.71 bits per heavy atom. The van der Waals surface area contributed by atoms with Gasteiger partial charge in [0.05, 0.1) is 0 Å². The van der Waals surface area contributed by atoms with Crippen molar-refractivity contribution in [2.75, 3.05) is 17.2 Å². The van der Waals surface area contributed by atoms with Crippen LogP contribution >= 0.6 is 0 Å². The number of hydrogen-bond donors (Lipinski definition) is 2. The summed E-state index contributed by atoms with van der Waals surface area (Å²) in [6.45, 7) is 3.02. The average molecular weight is 229 g/mol. The second-order valence-corrected chi connectivity index (χ2v) is 3.56. The van der Waals surface area contributed by atoms with Crippen LogP contribution in [0.4, 0.5) is 17.5 Å². The maximum absolute atomic E-state index is 4.17. The van der Waals surface area contributed by atoms with Crippen LogP contribution in [0.15, 0.2) is 36.8 Å². The molecule has 5 nitrogen and oxygen atoms in total. The third kappa shape index (κ3) is 3.41. The molecule has 0 aliphatic heterocycles. The van der Waals surface area contributed by atoms with Crippen LogP contribution in [0.1, 0.15) is 13.3 Å². The van der Waals surface area contributed by atoms with E-state index in [0.29, 0.717) is 0 Å². The highest BCUT2D eigenvalue weighted by Crippen LogP contribution is 2.13. The van der Waals surface area contributed by atoms with E-state index in [1.807, 2.05) is 24.3 Å². The standard InChI is InChI=1S/C12H15N5/c1-2-6-13-11-8-12(16-9-15-11)17-10-5-3-4-7-14-10/h3-5,7-9H,2,6H2,1H3,(H2,13,14,15,16,17). The summed E-state index contributed by atoms with van der Waals surface area (Å²) < 4.78 is 0. The molecule has 0 aliphatic carbocycles. The van der Waals surface area contributed by atoms with Gasteiger partial charge in [0.2, 0.25) is 0 Å². The first-order valence-corrected chi connectivity index (χ1v) is 5.62. The zero-order chi connectivity index (χ0) is 11.9. The van der Waals surface area contributed by atoms with Gasteiger partial charge in [-0.3, -0.25) is 0 Å². The van der Waals surface area contributed by atoms with Crippen LogP contribution in [0.5, 0.6) is 0 Å². The average Bonchev–Trinajstić information content (AvgIpc) is 2.38. The number of hydrogen-bond acceptors (Lipinski definition) is 5. The summed E-state index contributed by atoms with van der Waals surface area (Å²) >= 11 is 0. The van der Waals surface area contributed by atoms with Crippen molar-refractivity contribution >= 4 is 17.5 Å². The summed E-state index contributed by atoms with van der Waals surface area (Å²) in [6.07, 6.45) is 4.33. The molecule has 0 fully saturated rings. The molecule has 88 valence electrons. The van der Waals surface area contributed by atoms with E-state index >= 15 is 0 Å². The Labute approximate surface area is 100 Å². The van der Waals surface area contributed by atoms with Gasteiger partial charge in [-0.25, -0.2) is 15.0 Å². The molecular weight excluding hydrogens is 214 g/mol. The lowest BCUT2D eigenvalue weighted by Crippen LogP contribution is -2.03. The SMILES string of the molecule is CCCNc1cc(Nc2ccccn2)ncn1. The number of anilines is 3. The fraction of sp³-hybridized carbons (Fsp3) is 0.250. The van der Waals surface area contributed by atoms with Gasteiger partial charge in [-0.2, -0.15) is 0 Å². The lowest BCUT2D eigenvalue weighted by molar-refractivity contribution is 0.965. The molecule has 0 amide bonds. The first-order chi connectivity index (χ1) is 8.38. The molecule has 2 aromatic heterocycles. The van der Waals surface area contributed by atoms with Crippen molar-refractivity contribution in [1.82, 2.24) is 15.0 Å². The van der Waals surface area contributed by atoms with Gasteiger partial charge < -0.3 is 10.6 Å². The molecule has 0 bridgehead atoms. The Kier molecular flexibility index (Phi) is 3.85. The van der Waals surface area contributed by atoms with E-state index in [4.69, 9.17) is 0 Å². The summed E-state index contributed by atoms with van der Waals surface area (Å²) in [4.78, 5) is 12.5. The van der Waals surface area contributed by atoms with E-state index in [0.717, 1.165) is 30.4 Å². The Hall–Kier alpha value is -2.17. The minimum Gasteiger partial charge on any atom is -0.370 e. The van der Waals surface area contributed by atoms with E-state index in [2.05, 4.69) is 32.5 Å². The molecule has 0 aromatic carbocycles. The van der Waals surface area contributed by atoms with Crippen LogP contribution in [-0.2, 0) is 0 Å². The zero-order valence-electron chi connectivity index (χ0n) is 9.72. The summed E-state index contributed by atoms with van der Waals surface area (Å²) in [5, 5.41) is 6.33.